The Morgan fingerprint density at radius 3 is 2.65 bits per heavy atom. The van der Waals surface area contributed by atoms with Crippen molar-refractivity contribution in [3.8, 4) is 5.75 Å². The molecule has 1 aromatic carbocycles. The van der Waals surface area contributed by atoms with E-state index in [1.54, 1.807) is 12.1 Å². The van der Waals surface area contributed by atoms with Gasteiger partial charge in [0.2, 0.25) is 0 Å². The van der Waals surface area contributed by atoms with Crippen LogP contribution in [0.5, 0.6) is 5.75 Å². The molecule has 0 unspecified atom stereocenters. The highest BCUT2D eigenvalue weighted by molar-refractivity contribution is 5.82. The molecule has 7 nitrogen and oxygen atoms in total. The minimum Gasteiger partial charge on any atom is -0.496 e. The van der Waals surface area contributed by atoms with E-state index >= 15 is 0 Å². The van der Waals surface area contributed by atoms with Gasteiger partial charge >= 0.3 is 6.03 Å². The van der Waals surface area contributed by atoms with Gasteiger partial charge in [0.25, 0.3) is 12.9 Å². The van der Waals surface area contributed by atoms with Crippen LogP contribution in [0.2, 0.25) is 0 Å². The number of primary amides is 1. The van der Waals surface area contributed by atoms with E-state index in [-0.39, 0.29) is 6.54 Å². The summed E-state index contributed by atoms with van der Waals surface area (Å²) in [6.45, 7) is -0.222. The Balaban J connectivity index is 2.35. The zero-order valence-corrected chi connectivity index (χ0v) is 13.5. The maximum absolute atomic E-state index is 13.1. The summed E-state index contributed by atoms with van der Waals surface area (Å²) >= 11 is 0. The lowest BCUT2D eigenvalue weighted by atomic mass is 10.1. The zero-order chi connectivity index (χ0) is 19.3. The summed E-state index contributed by atoms with van der Waals surface area (Å²) in [5, 5.41) is 7.13. The molecular weight excluding hydrogens is 358 g/mol. The Kier molecular flexibility index (Phi) is 6.15. The molecule has 0 radical (unpaired) electrons. The van der Waals surface area contributed by atoms with E-state index in [2.05, 4.69) is 10.2 Å². The number of carbonyl (C=O) groups is 1. The molecule has 0 bridgehead atoms. The van der Waals surface area contributed by atoms with Crippen LogP contribution in [0.1, 0.15) is 35.4 Å². The maximum atomic E-state index is 13.1. The summed E-state index contributed by atoms with van der Waals surface area (Å²) < 4.78 is 57.7. The molecule has 2 rings (SSSR count). The van der Waals surface area contributed by atoms with Crippen LogP contribution in [-0.2, 0) is 6.54 Å². The largest absolute Gasteiger partial charge is 0.496 e. The first-order valence-electron chi connectivity index (χ1n) is 7.21. The van der Waals surface area contributed by atoms with Gasteiger partial charge in [0, 0.05) is 5.56 Å². The number of hydrazone groups is 1. The fourth-order valence-corrected chi connectivity index (χ4v) is 2.20. The number of benzene rings is 1. The first kappa shape index (κ1) is 19.2. The Labute approximate surface area is 145 Å². The SMILES string of the molecule is COc1ccc(C=NNC(N)=O)cc1Cn1nc(C(F)F)cc1C(F)F. The molecule has 26 heavy (non-hydrogen) atoms. The molecule has 0 saturated carbocycles. The third kappa shape index (κ3) is 4.71. The van der Waals surface area contributed by atoms with Gasteiger partial charge < -0.3 is 10.5 Å². The summed E-state index contributed by atoms with van der Waals surface area (Å²) in [4.78, 5) is 10.6. The molecule has 1 aromatic heterocycles. The number of halogens is 4. The van der Waals surface area contributed by atoms with Crippen molar-refractivity contribution in [2.45, 2.75) is 19.4 Å². The number of nitrogens with two attached hydrogens (primary N) is 1. The van der Waals surface area contributed by atoms with Crippen LogP contribution < -0.4 is 15.9 Å². The lowest BCUT2D eigenvalue weighted by molar-refractivity contribution is 0.139. The van der Waals surface area contributed by atoms with Gasteiger partial charge in [0.1, 0.15) is 17.1 Å². The van der Waals surface area contributed by atoms with Crippen molar-refractivity contribution < 1.29 is 27.1 Å². The lowest BCUT2D eigenvalue weighted by Gasteiger charge is -2.12. The molecule has 2 aromatic rings. The molecule has 0 aliphatic heterocycles. The van der Waals surface area contributed by atoms with Gasteiger partial charge in [-0.2, -0.15) is 10.2 Å². The van der Waals surface area contributed by atoms with E-state index in [0.717, 1.165) is 4.68 Å². The highest BCUT2D eigenvalue weighted by Gasteiger charge is 2.22. The number of methoxy groups -OCH3 is 1. The number of ether oxygens (including phenoxy) is 1. The monoisotopic (exact) mass is 373 g/mol. The molecule has 140 valence electrons. The van der Waals surface area contributed by atoms with Crippen LogP contribution in [0, 0.1) is 0 Å². The minimum absolute atomic E-state index is 0.222. The molecule has 0 spiro atoms. The molecule has 11 heteroatoms. The van der Waals surface area contributed by atoms with Crippen LogP contribution in [0.4, 0.5) is 22.4 Å². The van der Waals surface area contributed by atoms with Gasteiger partial charge in [-0.15, -0.1) is 0 Å². The first-order valence-corrected chi connectivity index (χ1v) is 7.21. The summed E-state index contributed by atoms with van der Waals surface area (Å²) in [6.07, 6.45) is -4.66. The fourth-order valence-electron chi connectivity index (χ4n) is 2.20. The van der Waals surface area contributed by atoms with Crippen molar-refractivity contribution in [2.75, 3.05) is 7.11 Å². The van der Waals surface area contributed by atoms with Crippen LogP contribution >= 0.6 is 0 Å². The Morgan fingerprint density at radius 1 is 1.35 bits per heavy atom. The predicted octanol–water partition coefficient (Wildman–Crippen LogP) is 2.82. The van der Waals surface area contributed by atoms with Crippen LogP contribution in [0.3, 0.4) is 0 Å². The van der Waals surface area contributed by atoms with Gasteiger partial charge in [0.15, 0.2) is 0 Å². The minimum atomic E-state index is -2.97. The predicted molar refractivity (Wildman–Crippen MR) is 84.6 cm³/mol. The quantitative estimate of drug-likeness (QED) is 0.444. The number of rotatable bonds is 7. The van der Waals surface area contributed by atoms with Crippen molar-refractivity contribution in [3.05, 3.63) is 46.8 Å². The zero-order valence-electron chi connectivity index (χ0n) is 13.5. The number of nitrogens with zero attached hydrogens (tertiary/aromatic N) is 3. The Morgan fingerprint density at radius 2 is 2.08 bits per heavy atom. The molecule has 0 aliphatic rings. The number of carbonyl (C=O) groups excluding carboxylic acids is 1. The van der Waals surface area contributed by atoms with Crippen molar-refractivity contribution >= 4 is 12.2 Å². The number of alkyl halides is 4. The summed E-state index contributed by atoms with van der Waals surface area (Å²) in [5.41, 5.74) is 6.42. The highest BCUT2D eigenvalue weighted by Crippen LogP contribution is 2.27. The Hall–Kier alpha value is -3.11. The van der Waals surface area contributed by atoms with Gasteiger partial charge in [0.05, 0.1) is 19.9 Å². The number of amides is 2. The second-order valence-corrected chi connectivity index (χ2v) is 5.06. The smallest absolute Gasteiger partial charge is 0.332 e. The standard InChI is InChI=1S/C15H15F4N5O2/c1-26-12-3-2-8(6-21-22-15(20)25)4-9(12)7-24-11(14(18)19)5-10(23-24)13(16)17/h2-6,13-14H,7H2,1H3,(H3,20,22,25). The van der Waals surface area contributed by atoms with Crippen LogP contribution in [-0.4, -0.2) is 29.1 Å². The van der Waals surface area contributed by atoms with Crippen molar-refractivity contribution in [1.29, 1.82) is 0 Å². The second kappa shape index (κ2) is 8.32. The third-order valence-electron chi connectivity index (χ3n) is 3.29. The van der Waals surface area contributed by atoms with Gasteiger partial charge in [-0.3, -0.25) is 4.68 Å². The number of nitrogens with one attached hydrogen (secondary N) is 1. The maximum Gasteiger partial charge on any atom is 0.332 e. The number of aromatic nitrogens is 2. The molecule has 0 atom stereocenters. The van der Waals surface area contributed by atoms with E-state index in [0.29, 0.717) is 22.9 Å². The van der Waals surface area contributed by atoms with E-state index in [9.17, 15) is 22.4 Å². The third-order valence-corrected chi connectivity index (χ3v) is 3.29. The van der Waals surface area contributed by atoms with Crippen molar-refractivity contribution in [2.24, 2.45) is 10.8 Å². The Bertz CT molecular complexity index is 807. The van der Waals surface area contributed by atoms with Crippen molar-refractivity contribution in [3.63, 3.8) is 0 Å². The van der Waals surface area contributed by atoms with Gasteiger partial charge in [-0.05, 0) is 29.8 Å². The molecule has 0 fully saturated rings. The topological polar surface area (TPSA) is 94.5 Å². The summed E-state index contributed by atoms with van der Waals surface area (Å²) in [6, 6.07) is 4.48. The fraction of sp³-hybridized carbons (Fsp3) is 0.267. The highest BCUT2D eigenvalue weighted by atomic mass is 19.3. The molecule has 2 amide bonds. The van der Waals surface area contributed by atoms with Gasteiger partial charge in [-0.25, -0.2) is 27.8 Å². The average molecular weight is 373 g/mol. The second-order valence-electron chi connectivity index (χ2n) is 5.06. The normalized spacial score (nSPS) is 11.5. The summed E-state index contributed by atoms with van der Waals surface area (Å²) in [5.74, 6) is 0.347. The van der Waals surface area contributed by atoms with Crippen LogP contribution in [0.15, 0.2) is 29.4 Å². The molecule has 0 saturated heterocycles. The van der Waals surface area contributed by atoms with Crippen LogP contribution in [0.25, 0.3) is 0 Å². The van der Waals surface area contributed by atoms with E-state index in [1.165, 1.54) is 19.4 Å². The average Bonchev–Trinajstić information content (AvgIpc) is 2.99. The molecular formula is C15H15F4N5O2. The van der Waals surface area contributed by atoms with E-state index in [1.807, 2.05) is 5.43 Å². The lowest BCUT2D eigenvalue weighted by Crippen LogP contribution is -2.24. The van der Waals surface area contributed by atoms with E-state index in [4.69, 9.17) is 10.5 Å². The van der Waals surface area contributed by atoms with Crippen molar-refractivity contribution in [1.82, 2.24) is 15.2 Å². The molecule has 1 heterocycles. The molecule has 3 N–H and O–H groups in total. The van der Waals surface area contributed by atoms with Gasteiger partial charge in [-0.1, -0.05) is 0 Å². The number of hydrogen-bond donors (Lipinski definition) is 2. The molecule has 0 aliphatic carbocycles. The number of urea groups is 1. The van der Waals surface area contributed by atoms with E-state index < -0.39 is 30.3 Å². The summed E-state index contributed by atoms with van der Waals surface area (Å²) in [7, 11) is 1.38. The first-order chi connectivity index (χ1) is 12.3. The number of hydrogen-bond acceptors (Lipinski definition) is 4.